The fourth-order valence-electron chi connectivity index (χ4n) is 4.48. The molecule has 0 spiro atoms. The van der Waals surface area contributed by atoms with Crippen molar-refractivity contribution in [2.24, 2.45) is 0 Å². The number of nitrogens with zero attached hydrogens (tertiary/aromatic N) is 3. The highest BCUT2D eigenvalue weighted by Gasteiger charge is 2.35. The number of imide groups is 1. The average Bonchev–Trinajstić information content (AvgIpc) is 3.14. The molecule has 2 fully saturated rings. The highest BCUT2D eigenvalue weighted by molar-refractivity contribution is 6.21. The molecule has 0 aliphatic carbocycles. The number of hydrogen-bond donors (Lipinski definition) is 1. The molecule has 0 aromatic heterocycles. The molecule has 4 rings (SSSR count). The van der Waals surface area contributed by atoms with E-state index in [4.69, 9.17) is 0 Å². The molecule has 1 N–H and O–H groups in total. The number of hydrogen-bond acceptors (Lipinski definition) is 4. The Morgan fingerprint density at radius 2 is 1.69 bits per heavy atom. The first-order valence-electron chi connectivity index (χ1n) is 10.3. The maximum absolute atomic E-state index is 12.5. The van der Waals surface area contributed by atoms with Crippen LogP contribution in [0.4, 0.5) is 4.79 Å². The predicted octanol–water partition coefficient (Wildman–Crippen LogP) is 1.47. The molecule has 0 bridgehead atoms. The molecule has 0 radical (unpaired) electrons. The Balaban J connectivity index is 1.26. The van der Waals surface area contributed by atoms with Gasteiger partial charge in [0.25, 0.3) is 11.8 Å². The van der Waals surface area contributed by atoms with Crippen molar-refractivity contribution in [3.63, 3.8) is 0 Å². The number of fused-ring (bicyclic) bond motifs is 1. The van der Waals surface area contributed by atoms with Crippen LogP contribution in [0.1, 0.15) is 52.8 Å². The number of carbonyl (C=O) groups is 4. The third kappa shape index (κ3) is 3.83. The summed E-state index contributed by atoms with van der Waals surface area (Å²) in [7, 11) is 0. The lowest BCUT2D eigenvalue weighted by Crippen LogP contribution is -2.45. The molecule has 1 aromatic rings. The summed E-state index contributed by atoms with van der Waals surface area (Å²) in [5.41, 5.74) is 0.831. The minimum absolute atomic E-state index is 0.150. The van der Waals surface area contributed by atoms with Crippen LogP contribution in [0.15, 0.2) is 24.3 Å². The van der Waals surface area contributed by atoms with Crippen LogP contribution in [0, 0.1) is 0 Å². The van der Waals surface area contributed by atoms with Crippen LogP contribution in [0.25, 0.3) is 0 Å². The first-order chi connectivity index (χ1) is 14.1. The number of benzene rings is 1. The van der Waals surface area contributed by atoms with Gasteiger partial charge in [0.05, 0.1) is 11.1 Å². The normalized spacial score (nSPS) is 22.1. The molecule has 29 heavy (non-hydrogen) atoms. The molecule has 8 heteroatoms. The second-order valence-electron chi connectivity index (χ2n) is 7.80. The Morgan fingerprint density at radius 1 is 0.966 bits per heavy atom. The van der Waals surface area contributed by atoms with Crippen molar-refractivity contribution in [3.05, 3.63) is 35.4 Å². The summed E-state index contributed by atoms with van der Waals surface area (Å²) < 4.78 is 0. The zero-order valence-electron chi connectivity index (χ0n) is 16.4. The molecule has 8 nitrogen and oxygen atoms in total. The third-order valence-corrected chi connectivity index (χ3v) is 6.03. The number of carbonyl (C=O) groups excluding carboxylic acids is 4. The molecule has 154 valence electrons. The van der Waals surface area contributed by atoms with E-state index in [-0.39, 0.29) is 42.9 Å². The summed E-state index contributed by atoms with van der Waals surface area (Å²) in [6.45, 7) is 2.45. The average molecular weight is 398 g/mol. The van der Waals surface area contributed by atoms with Crippen LogP contribution in [-0.4, -0.2) is 77.2 Å². The number of nitrogens with one attached hydrogen (secondary N) is 1. The smallest absolute Gasteiger partial charge is 0.317 e. The van der Waals surface area contributed by atoms with Gasteiger partial charge in [-0.05, 0) is 37.8 Å². The van der Waals surface area contributed by atoms with Crippen molar-refractivity contribution < 1.29 is 19.2 Å². The van der Waals surface area contributed by atoms with Gasteiger partial charge in [-0.3, -0.25) is 19.3 Å². The molecule has 3 aliphatic rings. The van der Waals surface area contributed by atoms with Crippen molar-refractivity contribution in [1.29, 1.82) is 0 Å². The first-order valence-corrected chi connectivity index (χ1v) is 10.3. The standard InChI is InChI=1S/C21H26N4O4/c26-18-8-4-12-24(18)15-5-3-11-23(13-9-15)21(29)22-10-14-25-19(27)16-6-1-2-7-17(16)20(25)28/h1-2,6-7,15H,3-5,8-14H2,(H,22,29). The van der Waals surface area contributed by atoms with Gasteiger partial charge >= 0.3 is 6.03 Å². The lowest BCUT2D eigenvalue weighted by Gasteiger charge is -2.27. The fourth-order valence-corrected chi connectivity index (χ4v) is 4.48. The van der Waals surface area contributed by atoms with E-state index in [0.717, 1.165) is 32.2 Å². The molecule has 1 aromatic carbocycles. The molecule has 1 atom stereocenters. The van der Waals surface area contributed by atoms with Crippen LogP contribution in [-0.2, 0) is 4.79 Å². The molecular formula is C21H26N4O4. The summed E-state index contributed by atoms with van der Waals surface area (Å²) in [5, 5.41) is 2.83. The minimum Gasteiger partial charge on any atom is -0.340 e. The maximum atomic E-state index is 12.5. The highest BCUT2D eigenvalue weighted by Crippen LogP contribution is 2.23. The van der Waals surface area contributed by atoms with E-state index >= 15 is 0 Å². The van der Waals surface area contributed by atoms with Crippen LogP contribution in [0.5, 0.6) is 0 Å². The second kappa shape index (κ2) is 8.23. The quantitative estimate of drug-likeness (QED) is 0.778. The van der Waals surface area contributed by atoms with Gasteiger partial charge in [0.2, 0.25) is 5.91 Å². The Morgan fingerprint density at radius 3 is 2.34 bits per heavy atom. The van der Waals surface area contributed by atoms with Gasteiger partial charge in [-0.1, -0.05) is 12.1 Å². The van der Waals surface area contributed by atoms with Gasteiger partial charge in [-0.2, -0.15) is 0 Å². The monoisotopic (exact) mass is 398 g/mol. The van der Waals surface area contributed by atoms with E-state index < -0.39 is 0 Å². The van der Waals surface area contributed by atoms with E-state index in [1.165, 1.54) is 4.90 Å². The van der Waals surface area contributed by atoms with Gasteiger partial charge in [0.15, 0.2) is 0 Å². The number of amides is 5. The summed E-state index contributed by atoms with van der Waals surface area (Å²) in [6, 6.07) is 6.80. The van der Waals surface area contributed by atoms with Gasteiger partial charge in [0, 0.05) is 45.2 Å². The Kier molecular flexibility index (Phi) is 5.51. The van der Waals surface area contributed by atoms with Gasteiger partial charge in [0.1, 0.15) is 0 Å². The van der Waals surface area contributed by atoms with Crippen molar-refractivity contribution in [2.75, 3.05) is 32.7 Å². The van der Waals surface area contributed by atoms with Gasteiger partial charge in [-0.15, -0.1) is 0 Å². The minimum atomic E-state index is -0.312. The highest BCUT2D eigenvalue weighted by atomic mass is 16.2. The van der Waals surface area contributed by atoms with Gasteiger partial charge in [-0.25, -0.2) is 4.79 Å². The number of likely N-dealkylation sites (tertiary alicyclic amines) is 2. The fraction of sp³-hybridized carbons (Fsp3) is 0.524. The lowest BCUT2D eigenvalue weighted by atomic mass is 10.1. The van der Waals surface area contributed by atoms with E-state index in [0.29, 0.717) is 30.6 Å². The van der Waals surface area contributed by atoms with E-state index in [9.17, 15) is 19.2 Å². The van der Waals surface area contributed by atoms with E-state index in [1.54, 1.807) is 29.2 Å². The van der Waals surface area contributed by atoms with Crippen LogP contribution in [0.3, 0.4) is 0 Å². The van der Waals surface area contributed by atoms with Crippen molar-refractivity contribution >= 4 is 23.8 Å². The SMILES string of the molecule is O=C(NCCN1C(=O)c2ccccc2C1=O)N1CCCC(N2CCCC2=O)CC1. The summed E-state index contributed by atoms with van der Waals surface area (Å²) in [4.78, 5) is 54.2. The van der Waals surface area contributed by atoms with Crippen molar-refractivity contribution in [2.45, 2.75) is 38.1 Å². The Hall–Kier alpha value is -2.90. The Bertz CT molecular complexity index is 805. The van der Waals surface area contributed by atoms with Crippen LogP contribution < -0.4 is 5.32 Å². The van der Waals surface area contributed by atoms with Crippen molar-refractivity contribution in [1.82, 2.24) is 20.0 Å². The van der Waals surface area contributed by atoms with Gasteiger partial charge < -0.3 is 15.1 Å². The molecule has 5 amide bonds. The number of urea groups is 1. The predicted molar refractivity (Wildman–Crippen MR) is 105 cm³/mol. The topological polar surface area (TPSA) is 90.0 Å². The molecule has 3 aliphatic heterocycles. The number of rotatable bonds is 4. The van der Waals surface area contributed by atoms with E-state index in [1.807, 2.05) is 4.90 Å². The zero-order valence-corrected chi connectivity index (χ0v) is 16.4. The van der Waals surface area contributed by atoms with Crippen LogP contribution >= 0.6 is 0 Å². The largest absolute Gasteiger partial charge is 0.340 e. The second-order valence-corrected chi connectivity index (χ2v) is 7.80. The maximum Gasteiger partial charge on any atom is 0.317 e. The third-order valence-electron chi connectivity index (χ3n) is 6.03. The molecule has 0 saturated carbocycles. The van der Waals surface area contributed by atoms with Crippen molar-refractivity contribution in [3.8, 4) is 0 Å². The summed E-state index contributed by atoms with van der Waals surface area (Å²) in [5.74, 6) is -0.394. The summed E-state index contributed by atoms with van der Waals surface area (Å²) in [6.07, 6.45) is 4.14. The molecular weight excluding hydrogens is 372 g/mol. The molecule has 3 heterocycles. The molecule has 2 saturated heterocycles. The molecule has 1 unspecified atom stereocenters. The Labute approximate surface area is 169 Å². The summed E-state index contributed by atoms with van der Waals surface area (Å²) >= 11 is 0. The van der Waals surface area contributed by atoms with Crippen LogP contribution in [0.2, 0.25) is 0 Å². The van der Waals surface area contributed by atoms with E-state index in [2.05, 4.69) is 5.32 Å². The zero-order chi connectivity index (χ0) is 20.4. The first kappa shape index (κ1) is 19.4. The lowest BCUT2D eigenvalue weighted by molar-refractivity contribution is -0.129.